The molecule has 0 saturated carbocycles. The Kier molecular flexibility index (Phi) is 4.51. The molecular formula is C7H16N6O3. The molecule has 0 radical (unpaired) electrons. The van der Waals surface area contributed by atoms with Gasteiger partial charge in [-0.3, -0.25) is 10.8 Å². The molecular weight excluding hydrogens is 216 g/mol. The van der Waals surface area contributed by atoms with E-state index in [1.54, 1.807) is 26.2 Å². The molecule has 16 heavy (non-hydrogen) atoms. The number of hydrazine groups is 2. The first kappa shape index (κ1) is 14.0. The Morgan fingerprint density at radius 3 is 2.19 bits per heavy atom. The average Bonchev–Trinajstić information content (AvgIpc) is 2.09. The molecule has 0 spiro atoms. The molecule has 0 heterocycles. The van der Waals surface area contributed by atoms with Crippen LogP contribution in [0.2, 0.25) is 0 Å². The van der Waals surface area contributed by atoms with Gasteiger partial charge >= 0.3 is 12.1 Å². The molecule has 0 rings (SSSR count). The zero-order valence-corrected chi connectivity index (χ0v) is 9.33. The van der Waals surface area contributed by atoms with E-state index in [-0.39, 0.29) is 0 Å². The number of hydrogen-bond acceptors (Lipinski definition) is 5. The largest absolute Gasteiger partial charge is 0.442 e. The summed E-state index contributed by atoms with van der Waals surface area (Å²) in [4.78, 5) is 22.3. The summed E-state index contributed by atoms with van der Waals surface area (Å²) in [6, 6.07) is -0.902. The SMILES string of the molecule is CC(C)(C)OC(=O)N(NC(=O)NN)C(=N)N. The van der Waals surface area contributed by atoms with Gasteiger partial charge in [-0.25, -0.2) is 20.9 Å². The highest BCUT2D eigenvalue weighted by atomic mass is 16.6. The van der Waals surface area contributed by atoms with Gasteiger partial charge in [-0.2, -0.15) is 5.01 Å². The Hall–Kier alpha value is -2.03. The maximum atomic E-state index is 11.5. The Morgan fingerprint density at radius 2 is 1.88 bits per heavy atom. The quantitative estimate of drug-likeness (QED) is 0.122. The van der Waals surface area contributed by atoms with Crippen LogP contribution in [0.25, 0.3) is 0 Å². The van der Waals surface area contributed by atoms with Crippen molar-refractivity contribution >= 4 is 18.1 Å². The molecule has 92 valence electrons. The summed E-state index contributed by atoms with van der Waals surface area (Å²) < 4.78 is 4.89. The van der Waals surface area contributed by atoms with E-state index in [0.717, 1.165) is 0 Å². The van der Waals surface area contributed by atoms with Gasteiger partial charge in [-0.1, -0.05) is 0 Å². The van der Waals surface area contributed by atoms with E-state index in [4.69, 9.17) is 21.7 Å². The molecule has 7 N–H and O–H groups in total. The molecule has 0 aromatic rings. The van der Waals surface area contributed by atoms with Gasteiger partial charge in [0.1, 0.15) is 5.60 Å². The molecule has 0 atom stereocenters. The molecule has 9 nitrogen and oxygen atoms in total. The summed E-state index contributed by atoms with van der Waals surface area (Å²) in [5.74, 6) is 4.10. The first-order valence-electron chi connectivity index (χ1n) is 4.31. The van der Waals surface area contributed by atoms with Crippen molar-refractivity contribution in [2.24, 2.45) is 11.6 Å². The zero-order chi connectivity index (χ0) is 12.9. The van der Waals surface area contributed by atoms with E-state index in [2.05, 4.69) is 0 Å². The minimum absolute atomic E-state index is 0.424. The Balaban J connectivity index is 4.61. The Bertz CT molecular complexity index is 297. The molecule has 3 amide bonds. The Labute approximate surface area is 92.5 Å². The molecule has 0 aliphatic rings. The minimum Gasteiger partial charge on any atom is -0.442 e. The van der Waals surface area contributed by atoms with E-state index < -0.39 is 23.7 Å². The first-order valence-corrected chi connectivity index (χ1v) is 4.31. The summed E-state index contributed by atoms with van der Waals surface area (Å²) in [5.41, 5.74) is 7.95. The van der Waals surface area contributed by atoms with E-state index in [9.17, 15) is 9.59 Å². The number of ether oxygens (including phenoxy) is 1. The third kappa shape index (κ3) is 5.00. The van der Waals surface area contributed by atoms with Crippen LogP contribution in [0.3, 0.4) is 0 Å². The van der Waals surface area contributed by atoms with Crippen LogP contribution in [-0.4, -0.2) is 28.7 Å². The number of urea groups is 1. The Morgan fingerprint density at radius 1 is 1.38 bits per heavy atom. The van der Waals surface area contributed by atoms with Gasteiger partial charge in [0.25, 0.3) is 0 Å². The summed E-state index contributed by atoms with van der Waals surface area (Å²) in [6.07, 6.45) is -0.983. The smallest absolute Gasteiger partial charge is 0.436 e. The van der Waals surface area contributed by atoms with Crippen LogP contribution in [0.15, 0.2) is 0 Å². The van der Waals surface area contributed by atoms with Crippen molar-refractivity contribution < 1.29 is 14.3 Å². The molecule has 0 saturated heterocycles. The summed E-state index contributed by atoms with van der Waals surface area (Å²) in [7, 11) is 0. The van der Waals surface area contributed by atoms with Crippen LogP contribution in [0.4, 0.5) is 9.59 Å². The van der Waals surface area contributed by atoms with Gasteiger partial charge < -0.3 is 10.5 Å². The lowest BCUT2D eigenvalue weighted by Gasteiger charge is -2.25. The molecule has 9 heteroatoms. The van der Waals surface area contributed by atoms with Crippen LogP contribution in [-0.2, 0) is 4.74 Å². The topological polar surface area (TPSA) is 147 Å². The van der Waals surface area contributed by atoms with Gasteiger partial charge in [0.2, 0.25) is 5.96 Å². The predicted molar refractivity (Wildman–Crippen MR) is 55.8 cm³/mol. The van der Waals surface area contributed by atoms with Crippen LogP contribution < -0.4 is 22.4 Å². The molecule has 0 bridgehead atoms. The predicted octanol–water partition coefficient (Wildman–Crippen LogP) is -0.795. The molecule has 0 fully saturated rings. The highest BCUT2D eigenvalue weighted by Crippen LogP contribution is 2.08. The number of carbonyl (C=O) groups is 2. The van der Waals surface area contributed by atoms with Gasteiger partial charge in [0.05, 0.1) is 0 Å². The highest BCUT2D eigenvalue weighted by Gasteiger charge is 2.25. The van der Waals surface area contributed by atoms with Crippen LogP contribution in [0.5, 0.6) is 0 Å². The molecule has 0 aromatic carbocycles. The monoisotopic (exact) mass is 232 g/mol. The van der Waals surface area contributed by atoms with Crippen molar-refractivity contribution in [2.45, 2.75) is 26.4 Å². The first-order chi connectivity index (χ1) is 7.17. The normalized spacial score (nSPS) is 10.2. The highest BCUT2D eigenvalue weighted by molar-refractivity contribution is 5.93. The number of carbonyl (C=O) groups excluding carboxylic acids is 2. The van der Waals surface area contributed by atoms with Crippen LogP contribution in [0.1, 0.15) is 20.8 Å². The maximum Gasteiger partial charge on any atom is 0.436 e. The second-order valence-electron chi connectivity index (χ2n) is 3.79. The van der Waals surface area contributed by atoms with Gasteiger partial charge in [-0.15, -0.1) is 0 Å². The van der Waals surface area contributed by atoms with E-state index in [1.807, 2.05) is 5.43 Å². The van der Waals surface area contributed by atoms with Crippen molar-refractivity contribution in [3.63, 3.8) is 0 Å². The van der Waals surface area contributed by atoms with Crippen molar-refractivity contribution in [1.29, 1.82) is 5.41 Å². The van der Waals surface area contributed by atoms with E-state index >= 15 is 0 Å². The molecule has 0 unspecified atom stereocenters. The lowest BCUT2D eigenvalue weighted by molar-refractivity contribution is 0.0312. The number of rotatable bonds is 0. The van der Waals surface area contributed by atoms with Crippen molar-refractivity contribution in [3.8, 4) is 0 Å². The molecule has 0 aliphatic heterocycles. The number of nitrogens with one attached hydrogen (secondary N) is 3. The lowest BCUT2D eigenvalue weighted by atomic mass is 10.2. The van der Waals surface area contributed by atoms with E-state index in [1.165, 1.54) is 0 Å². The third-order valence-corrected chi connectivity index (χ3v) is 1.16. The summed E-state index contributed by atoms with van der Waals surface area (Å²) in [5, 5.41) is 7.50. The fourth-order valence-electron chi connectivity index (χ4n) is 0.646. The van der Waals surface area contributed by atoms with Crippen LogP contribution in [0, 0.1) is 5.41 Å². The van der Waals surface area contributed by atoms with Crippen molar-refractivity contribution in [3.05, 3.63) is 0 Å². The summed E-state index contributed by atoms with van der Waals surface area (Å²) >= 11 is 0. The number of nitrogens with two attached hydrogens (primary N) is 2. The maximum absolute atomic E-state index is 11.5. The fraction of sp³-hybridized carbons (Fsp3) is 0.571. The van der Waals surface area contributed by atoms with E-state index in [0.29, 0.717) is 5.01 Å². The molecule has 0 aromatic heterocycles. The standard InChI is InChI=1S/C7H16N6O3/c1-7(2,3)16-6(15)13(4(8)9)12-5(14)11-10/h10H2,1-3H3,(H3,8,9)(H2,11,12,14). The number of guanidine groups is 1. The summed E-state index contributed by atoms with van der Waals surface area (Å²) in [6.45, 7) is 4.89. The third-order valence-electron chi connectivity index (χ3n) is 1.16. The second kappa shape index (κ2) is 5.16. The zero-order valence-electron chi connectivity index (χ0n) is 9.33. The van der Waals surface area contributed by atoms with Gasteiger partial charge in [0, 0.05) is 0 Å². The number of hydrogen-bond donors (Lipinski definition) is 5. The average molecular weight is 232 g/mol. The van der Waals surface area contributed by atoms with Gasteiger partial charge in [-0.05, 0) is 20.8 Å². The van der Waals surface area contributed by atoms with Crippen LogP contribution >= 0.6 is 0 Å². The fourth-order valence-corrected chi connectivity index (χ4v) is 0.646. The van der Waals surface area contributed by atoms with Crippen molar-refractivity contribution in [2.75, 3.05) is 0 Å². The van der Waals surface area contributed by atoms with Crippen molar-refractivity contribution in [1.82, 2.24) is 15.9 Å². The number of amides is 3. The minimum atomic E-state index is -0.983. The second-order valence-corrected chi connectivity index (χ2v) is 3.79. The number of nitrogens with zero attached hydrogens (tertiary/aromatic N) is 1. The lowest BCUT2D eigenvalue weighted by Crippen LogP contribution is -2.57. The van der Waals surface area contributed by atoms with Gasteiger partial charge in [0.15, 0.2) is 0 Å². The molecule has 0 aliphatic carbocycles.